The summed E-state index contributed by atoms with van der Waals surface area (Å²) in [5.41, 5.74) is -0.534. The van der Waals surface area contributed by atoms with Gasteiger partial charge in [0.2, 0.25) is 0 Å². The SMILES string of the molecule is CN[C@@H](CC(C)(C)F)C(=O)O[C@H](Cc1ccc(N2CCOCC2)cc1)C(=O)N(C)C1(C(=O)O[C@H](C)C(=O)OCc2ccccc2)C[C@H]1C(C)C. The van der Waals surface area contributed by atoms with Gasteiger partial charge in [-0.1, -0.05) is 56.3 Å². The van der Waals surface area contributed by atoms with Gasteiger partial charge in [-0.05, 0) is 69.3 Å². The van der Waals surface area contributed by atoms with Crippen LogP contribution in [0.5, 0.6) is 0 Å². The topological polar surface area (TPSA) is 124 Å². The van der Waals surface area contributed by atoms with Gasteiger partial charge in [0.15, 0.2) is 12.2 Å². The number of ether oxygens (including phenoxy) is 4. The van der Waals surface area contributed by atoms with Gasteiger partial charge < -0.3 is 34.1 Å². The third-order valence-electron chi connectivity index (χ3n) is 9.50. The van der Waals surface area contributed by atoms with E-state index in [1.807, 2.05) is 68.4 Å². The van der Waals surface area contributed by atoms with Crippen molar-refractivity contribution < 1.29 is 42.5 Å². The number of morpholine rings is 1. The average Bonchev–Trinajstić information content (AvgIpc) is 3.87. The van der Waals surface area contributed by atoms with Gasteiger partial charge in [-0.25, -0.2) is 14.0 Å². The molecule has 50 heavy (non-hydrogen) atoms. The van der Waals surface area contributed by atoms with E-state index in [9.17, 15) is 23.6 Å². The Morgan fingerprint density at radius 2 is 1.62 bits per heavy atom. The highest BCUT2D eigenvalue weighted by Gasteiger charge is 2.67. The Morgan fingerprint density at radius 3 is 2.18 bits per heavy atom. The predicted octanol–water partition coefficient (Wildman–Crippen LogP) is 4.25. The Bertz CT molecular complexity index is 1460. The maximum Gasteiger partial charge on any atom is 0.347 e. The number of anilines is 1. The van der Waals surface area contributed by atoms with Crippen molar-refractivity contribution in [2.75, 3.05) is 45.3 Å². The van der Waals surface area contributed by atoms with Crippen molar-refractivity contribution in [2.24, 2.45) is 11.8 Å². The summed E-state index contributed by atoms with van der Waals surface area (Å²) in [6.07, 6.45) is -2.39. The second kappa shape index (κ2) is 16.8. The summed E-state index contributed by atoms with van der Waals surface area (Å²) in [6.45, 7) is 10.9. The van der Waals surface area contributed by atoms with Gasteiger partial charge in [0, 0.05) is 38.7 Å². The molecule has 1 aliphatic carbocycles. The highest BCUT2D eigenvalue weighted by Crippen LogP contribution is 2.53. The normalized spacial score (nSPS) is 20.7. The van der Waals surface area contributed by atoms with Crippen LogP contribution in [0.1, 0.15) is 58.6 Å². The number of halogens is 1. The van der Waals surface area contributed by atoms with Crippen molar-refractivity contribution in [1.29, 1.82) is 0 Å². The third kappa shape index (κ3) is 9.81. The summed E-state index contributed by atoms with van der Waals surface area (Å²) < 4.78 is 36.9. The van der Waals surface area contributed by atoms with Crippen molar-refractivity contribution in [3.05, 3.63) is 65.7 Å². The molecule has 0 radical (unpaired) electrons. The number of carbonyl (C=O) groups excluding carboxylic acids is 4. The van der Waals surface area contributed by atoms with Crippen molar-refractivity contribution in [2.45, 2.75) is 89.9 Å². The molecule has 274 valence electrons. The van der Waals surface area contributed by atoms with Gasteiger partial charge >= 0.3 is 17.9 Å². The lowest BCUT2D eigenvalue weighted by molar-refractivity contribution is -0.175. The minimum Gasteiger partial charge on any atom is -0.458 e. The van der Waals surface area contributed by atoms with Crippen LogP contribution in [0.25, 0.3) is 0 Å². The van der Waals surface area contributed by atoms with E-state index in [2.05, 4.69) is 10.2 Å². The highest BCUT2D eigenvalue weighted by atomic mass is 19.1. The summed E-state index contributed by atoms with van der Waals surface area (Å²) in [4.78, 5) is 58.0. The van der Waals surface area contributed by atoms with Crippen LogP contribution in [-0.4, -0.2) is 98.6 Å². The molecule has 2 fully saturated rings. The molecule has 1 amide bonds. The molecule has 0 aromatic heterocycles. The highest BCUT2D eigenvalue weighted by molar-refractivity contribution is 5.95. The van der Waals surface area contributed by atoms with Gasteiger partial charge in [0.25, 0.3) is 5.91 Å². The number of esters is 3. The van der Waals surface area contributed by atoms with Crippen molar-refractivity contribution in [3.8, 4) is 0 Å². The molecule has 1 saturated heterocycles. The number of benzene rings is 2. The lowest BCUT2D eigenvalue weighted by Gasteiger charge is -2.33. The van der Waals surface area contributed by atoms with Crippen LogP contribution in [0, 0.1) is 11.8 Å². The van der Waals surface area contributed by atoms with E-state index >= 15 is 0 Å². The van der Waals surface area contributed by atoms with Crippen LogP contribution in [-0.2, 0) is 51.2 Å². The minimum absolute atomic E-state index is 0.00710. The molecule has 11 nitrogen and oxygen atoms in total. The van der Waals surface area contributed by atoms with Gasteiger partial charge in [0.1, 0.15) is 23.9 Å². The molecular formula is C38H52FN3O8. The Hall–Kier alpha value is -4.03. The summed E-state index contributed by atoms with van der Waals surface area (Å²) >= 11 is 0. The first kappa shape index (κ1) is 38.8. The van der Waals surface area contributed by atoms with Crippen LogP contribution in [0.15, 0.2) is 54.6 Å². The van der Waals surface area contributed by atoms with Crippen molar-refractivity contribution in [3.63, 3.8) is 0 Å². The van der Waals surface area contributed by atoms with Gasteiger partial charge in [-0.15, -0.1) is 0 Å². The Labute approximate surface area is 294 Å². The number of carbonyl (C=O) groups is 4. The number of hydrogen-bond donors (Lipinski definition) is 1. The smallest absolute Gasteiger partial charge is 0.347 e. The van der Waals surface area contributed by atoms with E-state index in [-0.39, 0.29) is 31.3 Å². The number of alkyl halides is 1. The number of hydrogen-bond acceptors (Lipinski definition) is 10. The van der Waals surface area contributed by atoms with E-state index in [4.69, 9.17) is 18.9 Å². The van der Waals surface area contributed by atoms with Crippen LogP contribution in [0.4, 0.5) is 10.1 Å². The number of amides is 1. The lowest BCUT2D eigenvalue weighted by atomic mass is 10.00. The summed E-state index contributed by atoms with van der Waals surface area (Å²) in [5, 5.41) is 2.80. The van der Waals surface area contributed by atoms with Crippen LogP contribution >= 0.6 is 0 Å². The van der Waals surface area contributed by atoms with Crippen LogP contribution < -0.4 is 10.2 Å². The first-order chi connectivity index (χ1) is 23.7. The second-order valence-corrected chi connectivity index (χ2v) is 14.2. The zero-order chi connectivity index (χ0) is 36.6. The Morgan fingerprint density at radius 1 is 0.980 bits per heavy atom. The average molecular weight is 698 g/mol. The number of nitrogens with zero attached hydrogens (tertiary/aromatic N) is 2. The quantitative estimate of drug-likeness (QED) is 0.201. The summed E-state index contributed by atoms with van der Waals surface area (Å²) in [7, 11) is 3.02. The van der Waals surface area contributed by atoms with Crippen LogP contribution in [0.2, 0.25) is 0 Å². The first-order valence-corrected chi connectivity index (χ1v) is 17.3. The van der Waals surface area contributed by atoms with Gasteiger partial charge in [0.05, 0.1) is 13.2 Å². The fourth-order valence-corrected chi connectivity index (χ4v) is 6.46. The fourth-order valence-electron chi connectivity index (χ4n) is 6.46. The maximum atomic E-state index is 14.6. The monoisotopic (exact) mass is 697 g/mol. The van der Waals surface area contributed by atoms with E-state index in [0.29, 0.717) is 19.6 Å². The molecule has 2 aromatic rings. The van der Waals surface area contributed by atoms with Crippen molar-refractivity contribution in [1.82, 2.24) is 10.2 Å². The molecule has 1 unspecified atom stereocenters. The largest absolute Gasteiger partial charge is 0.458 e. The number of likely N-dealkylation sites (N-methyl/N-ethyl adjacent to an activating group) is 2. The van der Waals surface area contributed by atoms with Crippen LogP contribution in [0.3, 0.4) is 0 Å². The summed E-state index contributed by atoms with van der Waals surface area (Å²) in [6, 6.07) is 15.8. The fraction of sp³-hybridized carbons (Fsp3) is 0.579. The molecule has 1 aliphatic heterocycles. The van der Waals surface area contributed by atoms with Gasteiger partial charge in [-0.3, -0.25) is 9.59 Å². The Balaban J connectivity index is 1.54. The molecule has 12 heteroatoms. The first-order valence-electron chi connectivity index (χ1n) is 17.3. The maximum absolute atomic E-state index is 14.6. The van der Waals surface area contributed by atoms with E-state index < -0.39 is 53.3 Å². The molecule has 0 bridgehead atoms. The zero-order valence-corrected chi connectivity index (χ0v) is 30.3. The molecule has 2 aromatic carbocycles. The molecule has 5 atom stereocenters. The lowest BCUT2D eigenvalue weighted by Crippen LogP contribution is -2.54. The summed E-state index contributed by atoms with van der Waals surface area (Å²) in [5.74, 6) is -3.11. The number of rotatable bonds is 16. The molecule has 1 N–H and O–H groups in total. The van der Waals surface area contributed by atoms with E-state index in [1.165, 1.54) is 39.8 Å². The molecule has 1 heterocycles. The molecule has 4 rings (SSSR count). The predicted molar refractivity (Wildman–Crippen MR) is 186 cm³/mol. The minimum atomic E-state index is -1.68. The van der Waals surface area contributed by atoms with E-state index in [0.717, 1.165) is 29.9 Å². The van der Waals surface area contributed by atoms with Crippen molar-refractivity contribution >= 4 is 29.5 Å². The second-order valence-electron chi connectivity index (χ2n) is 14.2. The molecule has 2 aliphatic rings. The van der Waals surface area contributed by atoms with E-state index in [1.54, 1.807) is 0 Å². The Kier molecular flexibility index (Phi) is 13.0. The molecule has 0 spiro atoms. The molecular weight excluding hydrogens is 645 g/mol. The van der Waals surface area contributed by atoms with Gasteiger partial charge in [-0.2, -0.15) is 0 Å². The standard InChI is InChI=1S/C38H52FN3O8/c1-25(2)30-22-38(30,36(46)49-26(3)34(44)48-24-28-11-9-8-10-12-28)41(7)33(43)32(50-35(45)31(40-6)23-37(4,5)39)21-27-13-15-29(16-14-27)42-17-19-47-20-18-42/h8-16,25-26,30-32,40H,17-24H2,1-7H3/t26-,30+,31+,32-,38?/m1/s1. The molecule has 1 saturated carbocycles. The zero-order valence-electron chi connectivity index (χ0n) is 30.3. The number of nitrogens with one attached hydrogen (secondary N) is 1. The third-order valence-corrected chi connectivity index (χ3v) is 9.50.